The Morgan fingerprint density at radius 1 is 1.47 bits per heavy atom. The Kier molecular flexibility index (Phi) is 3.31. The molecule has 0 radical (unpaired) electrons. The van der Waals surface area contributed by atoms with Crippen LogP contribution in [0.3, 0.4) is 0 Å². The largest absolute Gasteiger partial charge is 0.496 e. The van der Waals surface area contributed by atoms with Gasteiger partial charge in [-0.05, 0) is 19.1 Å². The third kappa shape index (κ3) is 2.25. The Balaban J connectivity index is 2.61. The number of nitrogen functional groups attached to an aromatic ring is 1. The molecule has 3 N–H and O–H groups in total. The van der Waals surface area contributed by atoms with Crippen molar-refractivity contribution < 1.29 is 9.84 Å². The third-order valence-corrected chi connectivity index (χ3v) is 3.34. The minimum atomic E-state index is -0.0682. The number of aryl methyl sites for hydroxylation is 1. The summed E-state index contributed by atoms with van der Waals surface area (Å²) < 4.78 is 5.31. The van der Waals surface area contributed by atoms with Crippen molar-refractivity contribution in [2.75, 3.05) is 12.8 Å². The lowest BCUT2D eigenvalue weighted by Crippen LogP contribution is -1.92. The summed E-state index contributed by atoms with van der Waals surface area (Å²) in [4.78, 5) is 5.01. The molecule has 2 rings (SSSR count). The van der Waals surface area contributed by atoms with Crippen LogP contribution in [0.4, 0.5) is 5.13 Å². The van der Waals surface area contributed by atoms with Gasteiger partial charge in [0.1, 0.15) is 5.75 Å². The number of aromatic nitrogens is 1. The topological polar surface area (TPSA) is 68.4 Å². The number of hydrogen-bond donors (Lipinski definition) is 2. The van der Waals surface area contributed by atoms with E-state index in [4.69, 9.17) is 10.5 Å². The minimum absolute atomic E-state index is 0.0682. The van der Waals surface area contributed by atoms with E-state index in [0.717, 1.165) is 21.8 Å². The van der Waals surface area contributed by atoms with Crippen LogP contribution in [0, 0.1) is 6.92 Å². The summed E-state index contributed by atoms with van der Waals surface area (Å²) in [5.41, 5.74) is 8.35. The lowest BCUT2D eigenvalue weighted by molar-refractivity contribution is 0.286. The monoisotopic (exact) mass is 250 g/mol. The molecule has 0 spiro atoms. The second-order valence-electron chi connectivity index (χ2n) is 3.69. The molecule has 0 aliphatic heterocycles. The first-order valence-corrected chi connectivity index (χ1v) is 5.98. The van der Waals surface area contributed by atoms with Crippen LogP contribution in [-0.4, -0.2) is 17.2 Å². The number of rotatable bonds is 3. The van der Waals surface area contributed by atoms with Crippen LogP contribution < -0.4 is 10.5 Å². The van der Waals surface area contributed by atoms with Gasteiger partial charge in [0.05, 0.1) is 24.3 Å². The average molecular weight is 250 g/mol. The van der Waals surface area contributed by atoms with Crippen molar-refractivity contribution in [3.05, 3.63) is 28.6 Å². The van der Waals surface area contributed by atoms with E-state index >= 15 is 0 Å². The summed E-state index contributed by atoms with van der Waals surface area (Å²) in [5, 5.41) is 9.75. The molecule has 1 aromatic heterocycles. The van der Waals surface area contributed by atoms with Gasteiger partial charge in [0.15, 0.2) is 5.13 Å². The molecule has 0 unspecified atom stereocenters. The number of aliphatic hydroxyl groups excluding tert-OH is 1. The van der Waals surface area contributed by atoms with Crippen molar-refractivity contribution in [2.24, 2.45) is 0 Å². The van der Waals surface area contributed by atoms with E-state index in [1.807, 2.05) is 25.1 Å². The Labute approximate surface area is 104 Å². The van der Waals surface area contributed by atoms with Crippen molar-refractivity contribution in [1.29, 1.82) is 0 Å². The molecule has 0 saturated heterocycles. The highest BCUT2D eigenvalue weighted by Crippen LogP contribution is 2.35. The smallest absolute Gasteiger partial charge is 0.180 e. The van der Waals surface area contributed by atoms with Gasteiger partial charge in [-0.3, -0.25) is 0 Å². The SMILES string of the molecule is COc1ccc(C)cc1-c1nc(N)sc1CO. The van der Waals surface area contributed by atoms with Gasteiger partial charge in [0.25, 0.3) is 0 Å². The number of benzene rings is 1. The molecule has 5 heteroatoms. The van der Waals surface area contributed by atoms with E-state index in [1.165, 1.54) is 11.3 Å². The molecular weight excluding hydrogens is 236 g/mol. The number of aliphatic hydroxyl groups is 1. The molecule has 2 aromatic rings. The number of anilines is 1. The fourth-order valence-electron chi connectivity index (χ4n) is 1.69. The molecule has 1 aromatic carbocycles. The van der Waals surface area contributed by atoms with Gasteiger partial charge < -0.3 is 15.6 Å². The van der Waals surface area contributed by atoms with Crippen LogP contribution in [0.5, 0.6) is 5.75 Å². The highest BCUT2D eigenvalue weighted by Gasteiger charge is 2.15. The number of ether oxygens (including phenoxy) is 1. The molecule has 0 aliphatic rings. The van der Waals surface area contributed by atoms with Crippen LogP contribution in [0.25, 0.3) is 11.3 Å². The zero-order valence-corrected chi connectivity index (χ0v) is 10.5. The predicted molar refractivity (Wildman–Crippen MR) is 69.2 cm³/mol. The molecule has 17 heavy (non-hydrogen) atoms. The summed E-state index contributed by atoms with van der Waals surface area (Å²) in [6.07, 6.45) is 0. The second kappa shape index (κ2) is 4.73. The summed E-state index contributed by atoms with van der Waals surface area (Å²) in [6.45, 7) is 1.93. The maximum Gasteiger partial charge on any atom is 0.180 e. The average Bonchev–Trinajstić information content (AvgIpc) is 2.70. The van der Waals surface area contributed by atoms with E-state index in [0.29, 0.717) is 10.8 Å². The number of thiazole rings is 1. The first kappa shape index (κ1) is 11.9. The zero-order valence-electron chi connectivity index (χ0n) is 9.73. The van der Waals surface area contributed by atoms with Crippen molar-refractivity contribution >= 4 is 16.5 Å². The van der Waals surface area contributed by atoms with Crippen LogP contribution in [0.1, 0.15) is 10.4 Å². The van der Waals surface area contributed by atoms with Gasteiger partial charge in [-0.1, -0.05) is 23.0 Å². The van der Waals surface area contributed by atoms with Crippen molar-refractivity contribution in [3.63, 3.8) is 0 Å². The molecule has 0 atom stereocenters. The van der Waals surface area contributed by atoms with Crippen molar-refractivity contribution in [1.82, 2.24) is 4.98 Å². The van der Waals surface area contributed by atoms with Crippen LogP contribution in [-0.2, 0) is 6.61 Å². The molecule has 0 saturated carbocycles. The minimum Gasteiger partial charge on any atom is -0.496 e. The first-order valence-electron chi connectivity index (χ1n) is 5.16. The maximum absolute atomic E-state index is 9.30. The molecule has 0 aliphatic carbocycles. The molecule has 4 nitrogen and oxygen atoms in total. The summed E-state index contributed by atoms with van der Waals surface area (Å²) in [7, 11) is 1.61. The first-order chi connectivity index (χ1) is 8.15. The molecule has 90 valence electrons. The van der Waals surface area contributed by atoms with Gasteiger partial charge >= 0.3 is 0 Å². The number of hydrogen-bond acceptors (Lipinski definition) is 5. The van der Waals surface area contributed by atoms with Crippen LogP contribution in [0.15, 0.2) is 18.2 Å². The van der Waals surface area contributed by atoms with E-state index in [-0.39, 0.29) is 6.61 Å². The molecule has 0 fully saturated rings. The fourth-order valence-corrected chi connectivity index (χ4v) is 2.40. The van der Waals surface area contributed by atoms with Gasteiger partial charge in [-0.15, -0.1) is 0 Å². The second-order valence-corrected chi connectivity index (χ2v) is 4.80. The van der Waals surface area contributed by atoms with E-state index in [1.54, 1.807) is 7.11 Å². The third-order valence-electron chi connectivity index (χ3n) is 2.47. The Morgan fingerprint density at radius 3 is 2.88 bits per heavy atom. The number of methoxy groups -OCH3 is 1. The van der Waals surface area contributed by atoms with E-state index in [9.17, 15) is 5.11 Å². The van der Waals surface area contributed by atoms with E-state index in [2.05, 4.69) is 4.98 Å². The standard InChI is InChI=1S/C12H14N2O2S/c1-7-3-4-9(16-2)8(5-7)11-10(6-15)17-12(13)14-11/h3-5,15H,6H2,1-2H3,(H2,13,14). The lowest BCUT2D eigenvalue weighted by atomic mass is 10.1. The van der Waals surface area contributed by atoms with Crippen molar-refractivity contribution in [2.45, 2.75) is 13.5 Å². The number of nitrogens with two attached hydrogens (primary N) is 1. The zero-order chi connectivity index (χ0) is 12.4. The van der Waals surface area contributed by atoms with Crippen molar-refractivity contribution in [3.8, 4) is 17.0 Å². The van der Waals surface area contributed by atoms with E-state index < -0.39 is 0 Å². The molecule has 1 heterocycles. The Morgan fingerprint density at radius 2 is 2.24 bits per heavy atom. The lowest BCUT2D eigenvalue weighted by Gasteiger charge is -2.08. The molecule has 0 amide bonds. The van der Waals surface area contributed by atoms with Gasteiger partial charge in [0, 0.05) is 5.56 Å². The Bertz CT molecular complexity index is 537. The summed E-state index contributed by atoms with van der Waals surface area (Å²) in [6, 6.07) is 5.84. The van der Waals surface area contributed by atoms with Crippen LogP contribution >= 0.6 is 11.3 Å². The highest BCUT2D eigenvalue weighted by atomic mass is 32.1. The fraction of sp³-hybridized carbons (Fsp3) is 0.250. The van der Waals surface area contributed by atoms with Gasteiger partial charge in [-0.25, -0.2) is 4.98 Å². The summed E-state index contributed by atoms with van der Waals surface area (Å²) in [5.74, 6) is 0.732. The van der Waals surface area contributed by atoms with Gasteiger partial charge in [-0.2, -0.15) is 0 Å². The summed E-state index contributed by atoms with van der Waals surface area (Å²) >= 11 is 1.30. The normalized spacial score (nSPS) is 10.5. The Hall–Kier alpha value is -1.59. The quantitative estimate of drug-likeness (QED) is 0.876. The number of nitrogens with zero attached hydrogens (tertiary/aromatic N) is 1. The van der Waals surface area contributed by atoms with Gasteiger partial charge in [0.2, 0.25) is 0 Å². The highest BCUT2D eigenvalue weighted by molar-refractivity contribution is 7.15. The predicted octanol–water partition coefficient (Wildman–Crippen LogP) is 2.20. The van der Waals surface area contributed by atoms with Crippen LogP contribution in [0.2, 0.25) is 0 Å². The maximum atomic E-state index is 9.30. The molecule has 0 bridgehead atoms. The molecular formula is C12H14N2O2S.